The third-order valence-electron chi connectivity index (χ3n) is 3.78. The van der Waals surface area contributed by atoms with Gasteiger partial charge in [0, 0.05) is 5.02 Å². The number of rotatable bonds is 2. The Kier molecular flexibility index (Phi) is 3.07. The van der Waals surface area contributed by atoms with E-state index in [0.717, 1.165) is 11.1 Å². The van der Waals surface area contributed by atoms with Crippen molar-refractivity contribution in [3.63, 3.8) is 0 Å². The maximum Gasteiger partial charge on any atom is 0.354 e. The number of aliphatic hydroxyl groups is 1. The number of ether oxygens (including phenoxy) is 1. The van der Waals surface area contributed by atoms with Crippen LogP contribution in [0.2, 0.25) is 5.02 Å². The number of benzene rings is 1. The molecule has 0 saturated heterocycles. The first-order valence-electron chi connectivity index (χ1n) is 6.33. The summed E-state index contributed by atoms with van der Waals surface area (Å²) < 4.78 is 4.69. The largest absolute Gasteiger partial charge is 0.464 e. The summed E-state index contributed by atoms with van der Waals surface area (Å²) in [7, 11) is 1.33. The van der Waals surface area contributed by atoms with Crippen molar-refractivity contribution in [1.29, 1.82) is 0 Å². The Labute approximate surface area is 121 Å². The number of aryl methyl sites for hydroxylation is 1. The van der Waals surface area contributed by atoms with Gasteiger partial charge in [0.2, 0.25) is 0 Å². The Morgan fingerprint density at radius 1 is 1.45 bits per heavy atom. The summed E-state index contributed by atoms with van der Waals surface area (Å²) >= 11 is 6.00. The van der Waals surface area contributed by atoms with Gasteiger partial charge in [-0.05, 0) is 42.2 Å². The van der Waals surface area contributed by atoms with Crippen LogP contribution >= 0.6 is 11.6 Å². The fourth-order valence-corrected chi connectivity index (χ4v) is 2.95. The van der Waals surface area contributed by atoms with Crippen molar-refractivity contribution in [2.24, 2.45) is 0 Å². The average molecular weight is 292 g/mol. The Morgan fingerprint density at radius 2 is 2.25 bits per heavy atom. The van der Waals surface area contributed by atoms with Crippen molar-refractivity contribution < 1.29 is 14.6 Å². The van der Waals surface area contributed by atoms with Gasteiger partial charge in [-0.2, -0.15) is 0 Å². The summed E-state index contributed by atoms with van der Waals surface area (Å²) in [6, 6.07) is 8.88. The minimum Gasteiger partial charge on any atom is -0.464 e. The van der Waals surface area contributed by atoms with E-state index in [1.165, 1.54) is 7.11 Å². The van der Waals surface area contributed by atoms with Crippen molar-refractivity contribution in [2.45, 2.75) is 18.4 Å². The quantitative estimate of drug-likeness (QED) is 0.836. The molecule has 104 valence electrons. The molecule has 1 aliphatic rings. The fraction of sp³-hybridized carbons (Fsp3) is 0.267. The van der Waals surface area contributed by atoms with Crippen LogP contribution in [0, 0.1) is 0 Å². The first-order valence-corrected chi connectivity index (χ1v) is 6.71. The molecule has 0 spiro atoms. The number of aromatic nitrogens is 1. The van der Waals surface area contributed by atoms with E-state index in [2.05, 4.69) is 4.98 Å². The number of halogens is 1. The Bertz CT molecular complexity index is 680. The lowest BCUT2D eigenvalue weighted by molar-refractivity contribution is 0.0589. The van der Waals surface area contributed by atoms with Crippen molar-refractivity contribution in [1.82, 2.24) is 4.98 Å². The molecular formula is C15H14ClNO3. The molecule has 20 heavy (non-hydrogen) atoms. The Balaban J connectivity index is 2.07. The van der Waals surface area contributed by atoms with Gasteiger partial charge in [-0.25, -0.2) is 4.79 Å². The fourth-order valence-electron chi connectivity index (χ4n) is 2.76. The highest BCUT2D eigenvalue weighted by Gasteiger charge is 2.40. The highest BCUT2D eigenvalue weighted by molar-refractivity contribution is 6.30. The molecule has 1 atom stereocenters. The second-order valence-electron chi connectivity index (χ2n) is 4.95. The van der Waals surface area contributed by atoms with Crippen molar-refractivity contribution in [3.05, 3.63) is 57.9 Å². The standard InChI is InChI=1S/C15H14ClNO3/c1-20-14(18)12-7-9-5-6-15(19,13(9)17-12)10-3-2-4-11(16)8-10/h2-4,7-8,17,19H,5-6H2,1H3. The van der Waals surface area contributed by atoms with Crippen molar-refractivity contribution in [2.75, 3.05) is 7.11 Å². The number of fused-ring (bicyclic) bond motifs is 1. The van der Waals surface area contributed by atoms with Gasteiger partial charge in [0.1, 0.15) is 11.3 Å². The summed E-state index contributed by atoms with van der Waals surface area (Å²) in [6.07, 6.45) is 1.27. The molecule has 1 aromatic carbocycles. The molecule has 0 saturated carbocycles. The van der Waals surface area contributed by atoms with E-state index in [0.29, 0.717) is 29.3 Å². The number of H-pyrrole nitrogens is 1. The zero-order chi connectivity index (χ0) is 14.3. The van der Waals surface area contributed by atoms with Gasteiger partial charge in [0.05, 0.1) is 12.8 Å². The number of esters is 1. The molecule has 1 aromatic heterocycles. The summed E-state index contributed by atoms with van der Waals surface area (Å²) in [6.45, 7) is 0. The SMILES string of the molecule is COC(=O)c1cc2c([nH]1)C(O)(c1cccc(Cl)c1)CC2. The van der Waals surface area contributed by atoms with E-state index in [1.807, 2.05) is 6.07 Å². The molecular weight excluding hydrogens is 278 g/mol. The summed E-state index contributed by atoms with van der Waals surface area (Å²) in [4.78, 5) is 14.5. The first-order chi connectivity index (χ1) is 9.54. The van der Waals surface area contributed by atoms with E-state index in [1.54, 1.807) is 24.3 Å². The zero-order valence-corrected chi connectivity index (χ0v) is 11.7. The van der Waals surface area contributed by atoms with Crippen LogP contribution in [0.3, 0.4) is 0 Å². The van der Waals surface area contributed by atoms with E-state index < -0.39 is 11.6 Å². The third kappa shape index (κ3) is 1.92. The summed E-state index contributed by atoms with van der Waals surface area (Å²) in [5, 5.41) is 11.5. The molecule has 0 amide bonds. The second kappa shape index (κ2) is 4.65. The van der Waals surface area contributed by atoms with Gasteiger partial charge in [0.15, 0.2) is 0 Å². The molecule has 5 heteroatoms. The molecule has 2 N–H and O–H groups in total. The lowest BCUT2D eigenvalue weighted by Gasteiger charge is -2.23. The normalized spacial score (nSPS) is 20.8. The van der Waals surface area contributed by atoms with Crippen LogP contribution in [0.25, 0.3) is 0 Å². The molecule has 1 heterocycles. The Morgan fingerprint density at radius 3 is 2.95 bits per heavy atom. The number of hydrogen-bond donors (Lipinski definition) is 2. The lowest BCUT2D eigenvalue weighted by Crippen LogP contribution is -2.25. The molecule has 0 aliphatic heterocycles. The second-order valence-corrected chi connectivity index (χ2v) is 5.38. The van der Waals surface area contributed by atoms with Crippen LogP contribution in [0.1, 0.15) is 33.7 Å². The van der Waals surface area contributed by atoms with E-state index in [4.69, 9.17) is 16.3 Å². The summed E-state index contributed by atoms with van der Waals surface area (Å²) in [5.74, 6) is -0.437. The number of hydrogen-bond acceptors (Lipinski definition) is 3. The summed E-state index contributed by atoms with van der Waals surface area (Å²) in [5.41, 5.74) is 1.54. The van der Waals surface area contributed by atoms with E-state index in [9.17, 15) is 9.90 Å². The number of aromatic amines is 1. The number of nitrogens with one attached hydrogen (secondary N) is 1. The number of carbonyl (C=O) groups is 1. The van der Waals surface area contributed by atoms with Crippen LogP contribution in [0.5, 0.6) is 0 Å². The van der Waals surface area contributed by atoms with E-state index >= 15 is 0 Å². The lowest BCUT2D eigenvalue weighted by atomic mass is 9.91. The predicted molar refractivity (Wildman–Crippen MR) is 74.9 cm³/mol. The monoisotopic (exact) mass is 291 g/mol. The van der Waals surface area contributed by atoms with Gasteiger partial charge in [-0.15, -0.1) is 0 Å². The topological polar surface area (TPSA) is 62.3 Å². The van der Waals surface area contributed by atoms with Crippen LogP contribution in [-0.2, 0) is 16.8 Å². The minimum atomic E-state index is -1.13. The van der Waals surface area contributed by atoms with Gasteiger partial charge in [-0.3, -0.25) is 0 Å². The molecule has 1 unspecified atom stereocenters. The van der Waals surface area contributed by atoms with Crippen LogP contribution < -0.4 is 0 Å². The molecule has 1 aliphatic carbocycles. The van der Waals surface area contributed by atoms with Crippen LogP contribution in [0.15, 0.2) is 30.3 Å². The van der Waals surface area contributed by atoms with Gasteiger partial charge >= 0.3 is 5.97 Å². The maximum absolute atomic E-state index is 11.6. The van der Waals surface area contributed by atoms with Gasteiger partial charge in [0.25, 0.3) is 0 Å². The minimum absolute atomic E-state index is 0.359. The molecule has 2 aromatic rings. The zero-order valence-electron chi connectivity index (χ0n) is 10.9. The first kappa shape index (κ1) is 13.2. The highest BCUT2D eigenvalue weighted by Crippen LogP contribution is 2.42. The smallest absolute Gasteiger partial charge is 0.354 e. The average Bonchev–Trinajstić information content (AvgIpc) is 3.00. The van der Waals surface area contributed by atoms with Crippen molar-refractivity contribution in [3.8, 4) is 0 Å². The van der Waals surface area contributed by atoms with Crippen molar-refractivity contribution >= 4 is 17.6 Å². The maximum atomic E-state index is 11.6. The third-order valence-corrected chi connectivity index (χ3v) is 4.01. The number of carbonyl (C=O) groups excluding carboxylic acids is 1. The predicted octanol–water partition coefficient (Wildman–Crippen LogP) is 2.64. The van der Waals surface area contributed by atoms with Crippen LogP contribution in [-0.4, -0.2) is 23.2 Å². The number of methoxy groups -OCH3 is 1. The van der Waals surface area contributed by atoms with Gasteiger partial charge in [-0.1, -0.05) is 23.7 Å². The van der Waals surface area contributed by atoms with E-state index in [-0.39, 0.29) is 0 Å². The van der Waals surface area contributed by atoms with Crippen LogP contribution in [0.4, 0.5) is 0 Å². The molecule has 0 bridgehead atoms. The molecule has 3 rings (SSSR count). The molecule has 0 fully saturated rings. The molecule has 0 radical (unpaired) electrons. The molecule has 4 nitrogen and oxygen atoms in total. The Hall–Kier alpha value is -1.78. The van der Waals surface area contributed by atoms with Gasteiger partial charge < -0.3 is 14.8 Å². The highest BCUT2D eigenvalue weighted by atomic mass is 35.5.